The van der Waals surface area contributed by atoms with E-state index < -0.39 is 0 Å². The van der Waals surface area contributed by atoms with Crippen LogP contribution in [0.1, 0.15) is 25.7 Å². The third-order valence-electron chi connectivity index (χ3n) is 3.56. The van der Waals surface area contributed by atoms with Crippen LogP contribution in [0.5, 0.6) is 0 Å². The Labute approximate surface area is 93.0 Å². The molecule has 2 aliphatic rings. The first-order chi connectivity index (χ1) is 6.88. The lowest BCUT2D eigenvalue weighted by Gasteiger charge is -2.41. The molecule has 2 atom stereocenters. The van der Waals surface area contributed by atoms with Crippen molar-refractivity contribution in [2.24, 2.45) is 11.8 Å². The number of piperidine rings is 1. The van der Waals surface area contributed by atoms with E-state index in [2.05, 4.69) is 29.7 Å². The lowest BCUT2D eigenvalue weighted by Crippen LogP contribution is -2.42. The van der Waals surface area contributed by atoms with Crippen molar-refractivity contribution in [3.05, 3.63) is 12.2 Å². The summed E-state index contributed by atoms with van der Waals surface area (Å²) in [5.41, 5.74) is 0. The Kier molecular flexibility index (Phi) is 3.94. The van der Waals surface area contributed by atoms with Crippen LogP contribution in [0.3, 0.4) is 0 Å². The van der Waals surface area contributed by atoms with Gasteiger partial charge in [-0.2, -0.15) is 12.6 Å². The van der Waals surface area contributed by atoms with Crippen molar-refractivity contribution >= 4 is 12.6 Å². The van der Waals surface area contributed by atoms with Gasteiger partial charge in [-0.15, -0.1) is 0 Å². The highest BCUT2D eigenvalue weighted by atomic mass is 32.1. The smallest absolute Gasteiger partial charge is 0.0163 e. The second-order valence-corrected chi connectivity index (χ2v) is 5.14. The first kappa shape index (κ1) is 10.6. The molecule has 1 saturated heterocycles. The monoisotopic (exact) mass is 211 g/mol. The number of thiol groups is 1. The molecule has 2 bridgehead atoms. The average molecular weight is 211 g/mol. The van der Waals surface area contributed by atoms with Gasteiger partial charge in [0.15, 0.2) is 0 Å². The highest BCUT2D eigenvalue weighted by Gasteiger charge is 2.29. The molecule has 1 heterocycles. The number of hydrogen-bond acceptors (Lipinski definition) is 2. The van der Waals surface area contributed by atoms with Crippen LogP contribution in [0.15, 0.2) is 12.2 Å². The van der Waals surface area contributed by atoms with Crippen molar-refractivity contribution < 1.29 is 0 Å². The summed E-state index contributed by atoms with van der Waals surface area (Å²) in [4.78, 5) is 2.62. The van der Waals surface area contributed by atoms with Gasteiger partial charge in [0.1, 0.15) is 0 Å². The maximum atomic E-state index is 4.18. The van der Waals surface area contributed by atoms with Gasteiger partial charge in [0.2, 0.25) is 0 Å². The van der Waals surface area contributed by atoms with Crippen molar-refractivity contribution in [3.63, 3.8) is 0 Å². The lowest BCUT2D eigenvalue weighted by atomic mass is 9.78. The molecular formula is C12H21NS. The Hall–Kier alpha value is 0.0500. The van der Waals surface area contributed by atoms with E-state index in [1.807, 2.05) is 0 Å². The molecule has 2 unspecified atom stereocenters. The Morgan fingerprint density at radius 1 is 1.14 bits per heavy atom. The average Bonchev–Trinajstić information content (AvgIpc) is 2.18. The normalized spacial score (nSPS) is 33.8. The molecule has 14 heavy (non-hydrogen) atoms. The number of nitrogens with zero attached hydrogens (tertiary/aromatic N) is 1. The SMILES string of the molecule is SC/C=C/CN1CC2CCCC(C2)C1. The van der Waals surface area contributed by atoms with E-state index in [0.29, 0.717) is 0 Å². The molecule has 0 aromatic carbocycles. The van der Waals surface area contributed by atoms with Crippen LogP contribution >= 0.6 is 12.6 Å². The molecule has 2 heteroatoms. The van der Waals surface area contributed by atoms with Crippen LogP contribution in [0, 0.1) is 11.8 Å². The van der Waals surface area contributed by atoms with E-state index in [9.17, 15) is 0 Å². The van der Waals surface area contributed by atoms with Gasteiger partial charge in [-0.3, -0.25) is 4.90 Å². The maximum absolute atomic E-state index is 4.18. The third kappa shape index (κ3) is 2.77. The van der Waals surface area contributed by atoms with Crippen LogP contribution < -0.4 is 0 Å². The number of hydrogen-bond donors (Lipinski definition) is 1. The molecule has 0 aromatic heterocycles. The summed E-state index contributed by atoms with van der Waals surface area (Å²) in [6.45, 7) is 3.83. The summed E-state index contributed by atoms with van der Waals surface area (Å²) < 4.78 is 0. The zero-order valence-electron chi connectivity index (χ0n) is 8.86. The van der Waals surface area contributed by atoms with E-state index in [1.54, 1.807) is 0 Å². The Balaban J connectivity index is 1.80. The molecule has 80 valence electrons. The third-order valence-corrected chi connectivity index (χ3v) is 3.77. The van der Waals surface area contributed by atoms with Gasteiger partial charge in [0.05, 0.1) is 0 Å². The van der Waals surface area contributed by atoms with Gasteiger partial charge in [-0.25, -0.2) is 0 Å². The molecule has 2 fully saturated rings. The second kappa shape index (κ2) is 5.22. The first-order valence-corrected chi connectivity index (χ1v) is 6.50. The Bertz CT molecular complexity index is 190. The fourth-order valence-corrected chi connectivity index (χ4v) is 3.14. The summed E-state index contributed by atoms with van der Waals surface area (Å²) in [7, 11) is 0. The summed E-state index contributed by atoms with van der Waals surface area (Å²) in [6, 6.07) is 0. The minimum Gasteiger partial charge on any atom is -0.299 e. The summed E-state index contributed by atoms with van der Waals surface area (Å²) in [5, 5.41) is 0. The molecule has 0 amide bonds. The molecule has 0 aromatic rings. The molecule has 2 rings (SSSR count). The highest BCUT2D eigenvalue weighted by molar-refractivity contribution is 7.80. The molecule has 1 nitrogen and oxygen atoms in total. The number of likely N-dealkylation sites (tertiary alicyclic amines) is 1. The zero-order valence-corrected chi connectivity index (χ0v) is 9.76. The second-order valence-electron chi connectivity index (χ2n) is 4.77. The Morgan fingerprint density at radius 3 is 2.50 bits per heavy atom. The largest absolute Gasteiger partial charge is 0.299 e. The molecule has 1 saturated carbocycles. The summed E-state index contributed by atoms with van der Waals surface area (Å²) in [5.74, 6) is 2.89. The van der Waals surface area contributed by atoms with E-state index in [4.69, 9.17) is 0 Å². The number of fused-ring (bicyclic) bond motifs is 2. The molecule has 0 spiro atoms. The van der Waals surface area contributed by atoms with Crippen LogP contribution in [0.2, 0.25) is 0 Å². The molecule has 1 aliphatic carbocycles. The van der Waals surface area contributed by atoms with Crippen LogP contribution in [0.4, 0.5) is 0 Å². The van der Waals surface area contributed by atoms with E-state index in [0.717, 1.165) is 24.1 Å². The van der Waals surface area contributed by atoms with Crippen LogP contribution in [-0.2, 0) is 0 Å². The van der Waals surface area contributed by atoms with Crippen molar-refractivity contribution in [1.82, 2.24) is 4.90 Å². The minimum absolute atomic E-state index is 0.876. The fourth-order valence-electron chi connectivity index (χ4n) is 2.99. The zero-order chi connectivity index (χ0) is 9.80. The minimum atomic E-state index is 0.876. The van der Waals surface area contributed by atoms with Gasteiger partial charge < -0.3 is 0 Å². The molecule has 1 aliphatic heterocycles. The first-order valence-electron chi connectivity index (χ1n) is 5.86. The van der Waals surface area contributed by atoms with Crippen molar-refractivity contribution in [3.8, 4) is 0 Å². The Morgan fingerprint density at radius 2 is 1.86 bits per heavy atom. The highest BCUT2D eigenvalue weighted by Crippen LogP contribution is 2.34. The van der Waals surface area contributed by atoms with Gasteiger partial charge in [-0.05, 0) is 31.1 Å². The lowest BCUT2D eigenvalue weighted by molar-refractivity contribution is 0.0956. The van der Waals surface area contributed by atoms with Gasteiger partial charge >= 0.3 is 0 Å². The predicted molar refractivity (Wildman–Crippen MR) is 64.9 cm³/mol. The van der Waals surface area contributed by atoms with Crippen LogP contribution in [-0.4, -0.2) is 30.3 Å². The number of rotatable bonds is 3. The fraction of sp³-hybridized carbons (Fsp3) is 0.833. The van der Waals surface area contributed by atoms with Crippen molar-refractivity contribution in [2.45, 2.75) is 25.7 Å². The standard InChI is InChI=1S/C12H21NS/c14-7-2-1-6-13-9-11-4-3-5-12(8-11)10-13/h1-2,11-12,14H,3-10H2/b2-1+. The molecule has 0 N–H and O–H groups in total. The van der Waals surface area contributed by atoms with E-state index in [-0.39, 0.29) is 0 Å². The topological polar surface area (TPSA) is 3.24 Å². The van der Waals surface area contributed by atoms with Gasteiger partial charge in [0.25, 0.3) is 0 Å². The molecular weight excluding hydrogens is 190 g/mol. The maximum Gasteiger partial charge on any atom is 0.0163 e. The van der Waals surface area contributed by atoms with E-state index in [1.165, 1.54) is 38.8 Å². The van der Waals surface area contributed by atoms with Gasteiger partial charge in [0, 0.05) is 25.4 Å². The van der Waals surface area contributed by atoms with Crippen LogP contribution in [0.25, 0.3) is 0 Å². The summed E-state index contributed by atoms with van der Waals surface area (Å²) in [6.07, 6.45) is 10.4. The van der Waals surface area contributed by atoms with Gasteiger partial charge in [-0.1, -0.05) is 18.6 Å². The summed E-state index contributed by atoms with van der Waals surface area (Å²) >= 11 is 4.18. The molecule has 0 radical (unpaired) electrons. The van der Waals surface area contributed by atoms with Crippen molar-refractivity contribution in [1.29, 1.82) is 0 Å². The van der Waals surface area contributed by atoms with E-state index >= 15 is 0 Å². The predicted octanol–water partition coefficient (Wildman–Crippen LogP) is 2.59. The quantitative estimate of drug-likeness (QED) is 0.555. The van der Waals surface area contributed by atoms with Crippen molar-refractivity contribution in [2.75, 3.05) is 25.4 Å².